The van der Waals surface area contributed by atoms with Gasteiger partial charge in [0.15, 0.2) is 0 Å². The standard InChI is InChI=1S/C22H23F3N4O5/c1-21(12-3-5-13(23)6-4-12)17(20(33)34-2)15(27-18(28-21)14(26)7-8-30)10-29-11-22(24,25)9-16(29)19(31)32/h3-8,16H,9-11,26H2,1-2H3,(H,27,28)(H,31,32)/b14-7-. The first kappa shape index (κ1) is 25.0. The Bertz CT molecular complexity index is 1100. The van der Waals surface area contributed by atoms with Gasteiger partial charge in [0.25, 0.3) is 5.92 Å². The lowest BCUT2D eigenvalue weighted by Gasteiger charge is -2.36. The quantitative estimate of drug-likeness (QED) is 0.302. The lowest BCUT2D eigenvalue weighted by atomic mass is 9.82. The van der Waals surface area contributed by atoms with E-state index in [0.29, 0.717) is 11.8 Å². The number of methoxy groups -OCH3 is 1. The number of ether oxygens (including phenoxy) is 1. The molecule has 0 aliphatic carbocycles. The van der Waals surface area contributed by atoms with Crippen LogP contribution in [-0.4, -0.2) is 66.2 Å². The molecule has 1 fully saturated rings. The molecule has 0 aromatic heterocycles. The summed E-state index contributed by atoms with van der Waals surface area (Å²) in [5, 5.41) is 12.2. The molecule has 0 radical (unpaired) electrons. The molecule has 2 aliphatic rings. The molecule has 1 aromatic rings. The van der Waals surface area contributed by atoms with Gasteiger partial charge in [-0.2, -0.15) is 0 Å². The topological polar surface area (TPSA) is 134 Å². The Hall–Kier alpha value is -3.67. The number of esters is 1. The van der Waals surface area contributed by atoms with Crippen molar-refractivity contribution in [3.8, 4) is 0 Å². The third-order valence-corrected chi connectivity index (χ3v) is 5.72. The Morgan fingerprint density at radius 2 is 2.00 bits per heavy atom. The highest BCUT2D eigenvalue weighted by molar-refractivity contribution is 6.05. The normalized spacial score (nSPS) is 24.9. The average Bonchev–Trinajstić information content (AvgIpc) is 3.07. The van der Waals surface area contributed by atoms with Gasteiger partial charge in [0.2, 0.25) is 0 Å². The molecule has 2 atom stereocenters. The van der Waals surface area contributed by atoms with Gasteiger partial charge in [-0.3, -0.25) is 14.5 Å². The van der Waals surface area contributed by atoms with Crippen LogP contribution in [0.25, 0.3) is 0 Å². The maximum absolute atomic E-state index is 14.1. The van der Waals surface area contributed by atoms with Crippen LogP contribution in [0.4, 0.5) is 13.2 Å². The average molecular weight is 480 g/mol. The van der Waals surface area contributed by atoms with Crippen LogP contribution in [0.1, 0.15) is 18.9 Å². The first-order valence-electron chi connectivity index (χ1n) is 10.1. The fourth-order valence-corrected chi connectivity index (χ4v) is 4.12. The van der Waals surface area contributed by atoms with E-state index in [0.717, 1.165) is 30.2 Å². The number of hydrogen-bond acceptors (Lipinski definition) is 8. The van der Waals surface area contributed by atoms with Gasteiger partial charge < -0.3 is 20.9 Å². The van der Waals surface area contributed by atoms with Crippen LogP contribution in [-0.2, 0) is 24.7 Å². The number of likely N-dealkylation sites (tertiary alicyclic amines) is 1. The van der Waals surface area contributed by atoms with Crippen LogP contribution < -0.4 is 11.1 Å². The molecule has 3 rings (SSSR count). The minimum absolute atomic E-state index is 0.00914. The first-order chi connectivity index (χ1) is 15.9. The highest BCUT2D eigenvalue weighted by Gasteiger charge is 2.50. The number of nitrogens with zero attached hydrogens (tertiary/aromatic N) is 2. The number of benzene rings is 1. The predicted molar refractivity (Wildman–Crippen MR) is 114 cm³/mol. The van der Waals surface area contributed by atoms with Gasteiger partial charge in [-0.1, -0.05) is 12.1 Å². The number of carbonyl (C=O) groups excluding carboxylic acids is 2. The number of allylic oxidation sites excluding steroid dienone is 1. The van der Waals surface area contributed by atoms with E-state index in [1.54, 1.807) is 0 Å². The molecule has 0 amide bonds. The molecule has 1 saturated heterocycles. The monoisotopic (exact) mass is 480 g/mol. The molecule has 2 aliphatic heterocycles. The molecule has 2 heterocycles. The van der Waals surface area contributed by atoms with Gasteiger partial charge in [-0.05, 0) is 24.6 Å². The Morgan fingerprint density at radius 3 is 2.56 bits per heavy atom. The second kappa shape index (κ2) is 9.29. The number of amidine groups is 1. The van der Waals surface area contributed by atoms with Gasteiger partial charge in [0, 0.05) is 24.7 Å². The number of aliphatic imine (C=N–C) groups is 1. The van der Waals surface area contributed by atoms with Gasteiger partial charge >= 0.3 is 11.9 Å². The van der Waals surface area contributed by atoms with Crippen LogP contribution in [0, 0.1) is 5.82 Å². The minimum atomic E-state index is -3.25. The van der Waals surface area contributed by atoms with Gasteiger partial charge in [-0.25, -0.2) is 23.0 Å². The van der Waals surface area contributed by atoms with Crippen molar-refractivity contribution in [2.24, 2.45) is 10.7 Å². The molecule has 0 saturated carbocycles. The zero-order valence-electron chi connectivity index (χ0n) is 18.3. The molecule has 9 nitrogen and oxygen atoms in total. The number of carboxylic acids is 1. The van der Waals surface area contributed by atoms with E-state index >= 15 is 0 Å². The lowest BCUT2D eigenvalue weighted by molar-refractivity contribution is -0.142. The molecule has 12 heteroatoms. The van der Waals surface area contributed by atoms with Crippen molar-refractivity contribution in [2.75, 3.05) is 20.2 Å². The Labute approximate surface area is 192 Å². The summed E-state index contributed by atoms with van der Waals surface area (Å²) in [4.78, 5) is 41.0. The Kier molecular flexibility index (Phi) is 6.82. The van der Waals surface area contributed by atoms with Crippen molar-refractivity contribution in [3.05, 3.63) is 58.7 Å². The number of nitrogens with one attached hydrogen (secondary N) is 1. The first-order valence-corrected chi connectivity index (χ1v) is 10.1. The van der Waals surface area contributed by atoms with Crippen LogP contribution in [0.5, 0.6) is 0 Å². The van der Waals surface area contributed by atoms with E-state index in [9.17, 15) is 32.7 Å². The van der Waals surface area contributed by atoms with E-state index in [1.165, 1.54) is 19.1 Å². The second-order valence-corrected chi connectivity index (χ2v) is 8.09. The number of aldehydes is 1. The van der Waals surface area contributed by atoms with Gasteiger partial charge in [0.1, 0.15) is 29.5 Å². The number of hydrogen-bond donors (Lipinski definition) is 3. The number of halogens is 3. The number of carboxylic acid groups (broad SMARTS) is 1. The molecule has 0 spiro atoms. The summed E-state index contributed by atoms with van der Waals surface area (Å²) in [6, 6.07) is 3.56. The predicted octanol–water partition coefficient (Wildman–Crippen LogP) is 1.31. The number of alkyl halides is 2. The maximum Gasteiger partial charge on any atom is 0.338 e. The number of carbonyl (C=O) groups is 3. The van der Waals surface area contributed by atoms with Crippen molar-refractivity contribution in [2.45, 2.75) is 30.8 Å². The minimum Gasteiger partial charge on any atom is -0.480 e. The van der Waals surface area contributed by atoms with E-state index in [4.69, 9.17) is 10.5 Å². The molecule has 34 heavy (non-hydrogen) atoms. The number of aliphatic carboxylic acids is 1. The van der Waals surface area contributed by atoms with Crippen LogP contribution in [0.15, 0.2) is 52.3 Å². The van der Waals surface area contributed by atoms with E-state index in [2.05, 4.69) is 10.3 Å². The zero-order chi connectivity index (χ0) is 25.3. The lowest BCUT2D eigenvalue weighted by Crippen LogP contribution is -2.47. The summed E-state index contributed by atoms with van der Waals surface area (Å²) in [6.45, 7) is 0.235. The summed E-state index contributed by atoms with van der Waals surface area (Å²) in [7, 11) is 1.11. The Balaban J connectivity index is 2.20. The van der Waals surface area contributed by atoms with Gasteiger partial charge in [0.05, 0.1) is 24.9 Å². The van der Waals surface area contributed by atoms with Crippen LogP contribution in [0.2, 0.25) is 0 Å². The Morgan fingerprint density at radius 1 is 1.35 bits per heavy atom. The van der Waals surface area contributed by atoms with E-state index in [-0.39, 0.29) is 22.8 Å². The molecule has 182 valence electrons. The smallest absolute Gasteiger partial charge is 0.338 e. The molecule has 0 bridgehead atoms. The van der Waals surface area contributed by atoms with E-state index in [1.807, 2.05) is 0 Å². The summed E-state index contributed by atoms with van der Waals surface area (Å²) >= 11 is 0. The highest BCUT2D eigenvalue weighted by Crippen LogP contribution is 2.40. The summed E-state index contributed by atoms with van der Waals surface area (Å²) < 4.78 is 46.7. The number of rotatable bonds is 7. The fraction of sp³-hybridized carbons (Fsp3) is 0.364. The van der Waals surface area contributed by atoms with Crippen molar-refractivity contribution in [3.63, 3.8) is 0 Å². The second-order valence-electron chi connectivity index (χ2n) is 8.09. The fourth-order valence-electron chi connectivity index (χ4n) is 4.12. The van der Waals surface area contributed by atoms with E-state index < -0.39 is 54.8 Å². The maximum atomic E-state index is 14.1. The summed E-state index contributed by atoms with van der Waals surface area (Å²) in [5.74, 6) is -6.16. The van der Waals surface area contributed by atoms with Crippen LogP contribution in [0.3, 0.4) is 0 Å². The largest absolute Gasteiger partial charge is 0.480 e. The molecule has 1 aromatic carbocycles. The SMILES string of the molecule is COC(=O)C1=C(CN2CC(F)(F)CC2C(=O)O)NC(/C(N)=C/C=O)=NC1(C)c1ccc(F)cc1. The third-order valence-electron chi connectivity index (χ3n) is 5.72. The molecular formula is C22H23F3N4O5. The van der Waals surface area contributed by atoms with Crippen molar-refractivity contribution in [1.82, 2.24) is 10.2 Å². The summed E-state index contributed by atoms with van der Waals surface area (Å²) in [6.07, 6.45) is 0.518. The highest BCUT2D eigenvalue weighted by atomic mass is 19.3. The van der Waals surface area contributed by atoms with Gasteiger partial charge in [-0.15, -0.1) is 0 Å². The molecule has 4 N–H and O–H groups in total. The molecule has 2 unspecified atom stereocenters. The summed E-state index contributed by atoms with van der Waals surface area (Å²) in [5.41, 5.74) is 4.51. The molecular weight excluding hydrogens is 457 g/mol. The third kappa shape index (κ3) is 4.81. The zero-order valence-corrected chi connectivity index (χ0v) is 18.3. The number of nitrogens with two attached hydrogens (primary N) is 1. The van der Waals surface area contributed by atoms with Crippen molar-refractivity contribution < 1.29 is 37.4 Å². The van der Waals surface area contributed by atoms with Crippen LogP contribution >= 0.6 is 0 Å². The van der Waals surface area contributed by atoms with Crippen molar-refractivity contribution >= 4 is 24.1 Å². The van der Waals surface area contributed by atoms with Crippen molar-refractivity contribution in [1.29, 1.82) is 0 Å².